The summed E-state index contributed by atoms with van der Waals surface area (Å²) < 4.78 is 1.98. The first-order valence-corrected chi connectivity index (χ1v) is 4.79. The SMILES string of the molecule is c1ccc(-c2ccnc3nccn23)cc1. The molecule has 2 aromatic heterocycles. The molecule has 3 rings (SSSR count). The van der Waals surface area contributed by atoms with Crippen molar-refractivity contribution in [3.63, 3.8) is 0 Å². The first-order chi connectivity index (χ1) is 7.45. The van der Waals surface area contributed by atoms with Crippen LogP contribution in [0, 0.1) is 0 Å². The van der Waals surface area contributed by atoms with Gasteiger partial charge in [0.1, 0.15) is 0 Å². The predicted octanol–water partition coefficient (Wildman–Crippen LogP) is 2.40. The smallest absolute Gasteiger partial charge is 0.234 e. The second kappa shape index (κ2) is 3.20. The highest BCUT2D eigenvalue weighted by molar-refractivity contribution is 5.61. The lowest BCUT2D eigenvalue weighted by molar-refractivity contribution is 1.12. The number of rotatable bonds is 1. The van der Waals surface area contributed by atoms with Crippen LogP contribution >= 0.6 is 0 Å². The largest absolute Gasteiger partial charge is 0.284 e. The maximum Gasteiger partial charge on any atom is 0.234 e. The normalized spacial score (nSPS) is 10.7. The molecule has 3 nitrogen and oxygen atoms in total. The third kappa shape index (κ3) is 1.29. The number of nitrogens with zero attached hydrogens (tertiary/aromatic N) is 3. The molecule has 15 heavy (non-hydrogen) atoms. The van der Waals surface area contributed by atoms with Gasteiger partial charge in [-0.1, -0.05) is 30.3 Å². The molecule has 0 saturated heterocycles. The second-order valence-corrected chi connectivity index (χ2v) is 3.29. The molecule has 72 valence electrons. The highest BCUT2D eigenvalue weighted by Crippen LogP contribution is 2.18. The van der Waals surface area contributed by atoms with E-state index < -0.39 is 0 Å². The fraction of sp³-hybridized carbons (Fsp3) is 0. The molecule has 3 aromatic rings. The summed E-state index contributed by atoms with van der Waals surface area (Å²) in [5.41, 5.74) is 2.28. The summed E-state index contributed by atoms with van der Waals surface area (Å²) in [6.45, 7) is 0. The first kappa shape index (κ1) is 8.17. The van der Waals surface area contributed by atoms with E-state index in [1.54, 1.807) is 12.4 Å². The van der Waals surface area contributed by atoms with Crippen molar-refractivity contribution in [2.24, 2.45) is 0 Å². The van der Waals surface area contributed by atoms with E-state index in [0.29, 0.717) is 0 Å². The van der Waals surface area contributed by atoms with Crippen LogP contribution in [0.15, 0.2) is 55.0 Å². The third-order valence-corrected chi connectivity index (χ3v) is 2.37. The molecule has 0 aliphatic heterocycles. The van der Waals surface area contributed by atoms with E-state index in [-0.39, 0.29) is 0 Å². The van der Waals surface area contributed by atoms with Crippen LogP contribution in [0.3, 0.4) is 0 Å². The Hall–Kier alpha value is -2.16. The zero-order valence-corrected chi connectivity index (χ0v) is 8.04. The van der Waals surface area contributed by atoms with Crippen molar-refractivity contribution in [3.8, 4) is 11.3 Å². The van der Waals surface area contributed by atoms with Gasteiger partial charge in [0.15, 0.2) is 0 Å². The van der Waals surface area contributed by atoms with Gasteiger partial charge in [-0.15, -0.1) is 0 Å². The van der Waals surface area contributed by atoms with E-state index in [1.165, 1.54) is 5.56 Å². The molecule has 0 spiro atoms. The van der Waals surface area contributed by atoms with Gasteiger partial charge in [-0.3, -0.25) is 4.40 Å². The molecule has 2 heterocycles. The van der Waals surface area contributed by atoms with Gasteiger partial charge in [0.2, 0.25) is 5.78 Å². The van der Waals surface area contributed by atoms with Crippen molar-refractivity contribution in [2.45, 2.75) is 0 Å². The number of aromatic nitrogens is 3. The lowest BCUT2D eigenvalue weighted by Crippen LogP contribution is -1.92. The summed E-state index contributed by atoms with van der Waals surface area (Å²) in [4.78, 5) is 8.34. The Labute approximate surface area is 87.0 Å². The van der Waals surface area contributed by atoms with Crippen LogP contribution in [0.5, 0.6) is 0 Å². The Kier molecular flexibility index (Phi) is 1.75. The minimum atomic E-state index is 0.733. The Bertz CT molecular complexity index is 584. The predicted molar refractivity (Wildman–Crippen MR) is 58.4 cm³/mol. The fourth-order valence-electron chi connectivity index (χ4n) is 1.68. The summed E-state index contributed by atoms with van der Waals surface area (Å²) in [6, 6.07) is 12.2. The van der Waals surface area contributed by atoms with Crippen molar-refractivity contribution in [1.82, 2.24) is 14.4 Å². The number of hydrogen-bond acceptors (Lipinski definition) is 2. The summed E-state index contributed by atoms with van der Waals surface area (Å²) in [5.74, 6) is 0.733. The molecule has 1 aromatic carbocycles. The van der Waals surface area contributed by atoms with Crippen molar-refractivity contribution in [3.05, 3.63) is 55.0 Å². The van der Waals surface area contributed by atoms with Gasteiger partial charge < -0.3 is 0 Å². The standard InChI is InChI=1S/C12H9N3/c1-2-4-10(5-3-1)11-6-7-13-12-14-8-9-15(11)12/h1-9H. The highest BCUT2D eigenvalue weighted by atomic mass is 15.1. The van der Waals surface area contributed by atoms with E-state index >= 15 is 0 Å². The Morgan fingerprint density at radius 2 is 1.67 bits per heavy atom. The van der Waals surface area contributed by atoms with Gasteiger partial charge >= 0.3 is 0 Å². The molecular formula is C12H9N3. The van der Waals surface area contributed by atoms with Crippen LogP contribution in [0.25, 0.3) is 17.0 Å². The van der Waals surface area contributed by atoms with Gasteiger partial charge in [0.05, 0.1) is 5.69 Å². The molecule has 0 radical (unpaired) electrons. The molecule has 0 unspecified atom stereocenters. The van der Waals surface area contributed by atoms with Crippen molar-refractivity contribution in [1.29, 1.82) is 0 Å². The molecule has 0 atom stereocenters. The number of benzene rings is 1. The summed E-state index contributed by atoms with van der Waals surface area (Å²) >= 11 is 0. The zero-order valence-electron chi connectivity index (χ0n) is 8.04. The van der Waals surface area contributed by atoms with Crippen molar-refractivity contribution >= 4 is 5.78 Å². The van der Waals surface area contributed by atoms with E-state index in [1.807, 2.05) is 34.9 Å². The van der Waals surface area contributed by atoms with Crippen LogP contribution in [-0.4, -0.2) is 14.4 Å². The molecule has 0 bridgehead atoms. The molecule has 0 N–H and O–H groups in total. The van der Waals surface area contributed by atoms with Gasteiger partial charge in [0, 0.05) is 18.6 Å². The molecule has 0 aliphatic rings. The quantitative estimate of drug-likeness (QED) is 0.596. The second-order valence-electron chi connectivity index (χ2n) is 3.29. The number of hydrogen-bond donors (Lipinski definition) is 0. The maximum absolute atomic E-state index is 4.18. The lowest BCUT2D eigenvalue weighted by Gasteiger charge is -2.03. The Balaban J connectivity index is 2.31. The number of imidazole rings is 1. The Morgan fingerprint density at radius 1 is 0.867 bits per heavy atom. The zero-order chi connectivity index (χ0) is 10.1. The van der Waals surface area contributed by atoms with Crippen LogP contribution in [0.4, 0.5) is 0 Å². The van der Waals surface area contributed by atoms with Crippen LogP contribution in [0.2, 0.25) is 0 Å². The summed E-state index contributed by atoms with van der Waals surface area (Å²) in [7, 11) is 0. The van der Waals surface area contributed by atoms with E-state index in [9.17, 15) is 0 Å². The highest BCUT2D eigenvalue weighted by Gasteiger charge is 2.02. The minimum absolute atomic E-state index is 0.733. The van der Waals surface area contributed by atoms with Crippen LogP contribution in [-0.2, 0) is 0 Å². The van der Waals surface area contributed by atoms with E-state index in [0.717, 1.165) is 11.5 Å². The van der Waals surface area contributed by atoms with Crippen molar-refractivity contribution in [2.75, 3.05) is 0 Å². The monoisotopic (exact) mass is 195 g/mol. The molecule has 3 heteroatoms. The van der Waals surface area contributed by atoms with Gasteiger partial charge in [0.25, 0.3) is 0 Å². The Morgan fingerprint density at radius 3 is 2.53 bits per heavy atom. The minimum Gasteiger partial charge on any atom is -0.284 e. The van der Waals surface area contributed by atoms with Gasteiger partial charge in [-0.05, 0) is 11.6 Å². The summed E-state index contributed by atoms with van der Waals surface area (Å²) in [6.07, 6.45) is 5.46. The molecular weight excluding hydrogens is 186 g/mol. The molecule has 0 aliphatic carbocycles. The van der Waals surface area contributed by atoms with E-state index in [4.69, 9.17) is 0 Å². The topological polar surface area (TPSA) is 30.2 Å². The third-order valence-electron chi connectivity index (χ3n) is 2.37. The number of fused-ring (bicyclic) bond motifs is 1. The maximum atomic E-state index is 4.18. The van der Waals surface area contributed by atoms with Crippen molar-refractivity contribution < 1.29 is 0 Å². The average Bonchev–Trinajstić information content (AvgIpc) is 2.78. The fourth-order valence-corrected chi connectivity index (χ4v) is 1.68. The molecule has 0 fully saturated rings. The average molecular weight is 195 g/mol. The van der Waals surface area contributed by atoms with Crippen LogP contribution < -0.4 is 0 Å². The van der Waals surface area contributed by atoms with Crippen LogP contribution in [0.1, 0.15) is 0 Å². The van der Waals surface area contributed by atoms with Gasteiger partial charge in [-0.2, -0.15) is 0 Å². The first-order valence-electron chi connectivity index (χ1n) is 4.79. The summed E-state index contributed by atoms with van der Waals surface area (Å²) in [5, 5.41) is 0. The van der Waals surface area contributed by atoms with E-state index in [2.05, 4.69) is 22.1 Å². The molecule has 0 amide bonds. The van der Waals surface area contributed by atoms with Gasteiger partial charge in [-0.25, -0.2) is 9.97 Å². The molecule has 0 saturated carbocycles. The lowest BCUT2D eigenvalue weighted by atomic mass is 10.1.